The summed E-state index contributed by atoms with van der Waals surface area (Å²) in [4.78, 5) is 0. The van der Waals surface area contributed by atoms with Gasteiger partial charge in [0.2, 0.25) is 0 Å². The predicted molar refractivity (Wildman–Crippen MR) is 148 cm³/mol. The molecule has 0 aliphatic rings. The molecule has 37 heavy (non-hydrogen) atoms. The molecule has 0 aromatic heterocycles. The molecule has 1 unspecified atom stereocenters. The summed E-state index contributed by atoms with van der Waals surface area (Å²) in [7, 11) is 0. The van der Waals surface area contributed by atoms with Crippen LogP contribution in [0.4, 0.5) is 11.4 Å². The number of unbranched alkanes of at least 4 members (excludes halogenated alkanes) is 5. The molecular formula is C33H35NO3. The molecule has 0 N–H and O–H groups in total. The summed E-state index contributed by atoms with van der Waals surface area (Å²) < 4.78 is 11.7. The van der Waals surface area contributed by atoms with Crippen LogP contribution in [0.3, 0.4) is 0 Å². The van der Waals surface area contributed by atoms with Gasteiger partial charge < -0.3 is 9.47 Å². The van der Waals surface area contributed by atoms with Gasteiger partial charge in [0.25, 0.3) is 0 Å². The van der Waals surface area contributed by atoms with Crippen LogP contribution >= 0.6 is 0 Å². The molecule has 0 spiro atoms. The van der Waals surface area contributed by atoms with Crippen LogP contribution in [-0.4, -0.2) is 13.2 Å². The van der Waals surface area contributed by atoms with Crippen molar-refractivity contribution >= 4 is 11.4 Å². The Bertz CT molecular complexity index is 1150. The van der Waals surface area contributed by atoms with Gasteiger partial charge in [0.1, 0.15) is 17.6 Å². The Labute approximate surface area is 220 Å². The fourth-order valence-corrected chi connectivity index (χ4v) is 4.12. The Morgan fingerprint density at radius 1 is 0.486 bits per heavy atom. The number of nitrogens with zero attached hydrogens (tertiary/aromatic N) is 1. The fourth-order valence-electron chi connectivity index (χ4n) is 4.12. The van der Waals surface area contributed by atoms with Crippen LogP contribution in [0.2, 0.25) is 0 Å². The van der Waals surface area contributed by atoms with Gasteiger partial charge in [-0.15, -0.1) is 0 Å². The molecule has 0 aliphatic carbocycles. The van der Waals surface area contributed by atoms with Gasteiger partial charge >= 0.3 is 0 Å². The molecule has 4 nitrogen and oxygen atoms in total. The van der Waals surface area contributed by atoms with Crippen molar-refractivity contribution in [1.82, 2.24) is 5.32 Å². The largest absolute Gasteiger partial charge is 0.494 e. The zero-order valence-electron chi connectivity index (χ0n) is 21.3. The van der Waals surface area contributed by atoms with E-state index in [2.05, 4.69) is 5.32 Å². The minimum absolute atomic E-state index is 0.703. The third-order valence-electron chi connectivity index (χ3n) is 6.21. The van der Waals surface area contributed by atoms with Crippen LogP contribution in [0.1, 0.15) is 55.8 Å². The predicted octanol–water partition coefficient (Wildman–Crippen LogP) is 8.57. The van der Waals surface area contributed by atoms with Crippen molar-refractivity contribution in [2.45, 2.75) is 44.6 Å². The first-order valence-electron chi connectivity index (χ1n) is 13.2. The normalized spacial score (nSPS) is 11.6. The molecule has 4 rings (SSSR count). The second-order valence-corrected chi connectivity index (χ2v) is 9.12. The Balaban J connectivity index is 1.01. The van der Waals surface area contributed by atoms with E-state index in [1.54, 1.807) is 0 Å². The summed E-state index contributed by atoms with van der Waals surface area (Å²) in [5, 5.41) is 17.2. The smallest absolute Gasteiger partial charge is 0.143 e. The zero-order valence-corrected chi connectivity index (χ0v) is 21.3. The van der Waals surface area contributed by atoms with Crippen molar-refractivity contribution in [3.8, 4) is 11.5 Å². The monoisotopic (exact) mass is 493 g/mol. The molecule has 0 bridgehead atoms. The van der Waals surface area contributed by atoms with Crippen LogP contribution in [0.5, 0.6) is 11.5 Å². The van der Waals surface area contributed by atoms with Gasteiger partial charge in [-0.25, -0.2) is 10.4 Å². The topological polar surface area (TPSA) is 52.5 Å². The van der Waals surface area contributed by atoms with E-state index in [1.807, 2.05) is 109 Å². The number of rotatable bonds is 15. The quantitative estimate of drug-likeness (QED) is 0.156. The summed E-state index contributed by atoms with van der Waals surface area (Å²) in [6.07, 6.45) is 5.96. The van der Waals surface area contributed by atoms with E-state index >= 15 is 0 Å². The van der Waals surface area contributed by atoms with E-state index in [0.29, 0.717) is 6.61 Å². The molecule has 0 saturated heterocycles. The number of hydrogen-bond acceptors (Lipinski definition) is 2. The van der Waals surface area contributed by atoms with Gasteiger partial charge in [0.05, 0.1) is 24.6 Å². The van der Waals surface area contributed by atoms with E-state index in [-0.39, 0.29) is 0 Å². The lowest BCUT2D eigenvalue weighted by Crippen LogP contribution is -2.00. The first kappa shape index (κ1) is 26.3. The van der Waals surface area contributed by atoms with Gasteiger partial charge in [-0.05, 0) is 72.5 Å². The summed E-state index contributed by atoms with van der Waals surface area (Å²) in [5.41, 5.74) is 3.43. The first-order chi connectivity index (χ1) is 18.3. The number of benzene rings is 4. The van der Waals surface area contributed by atoms with Crippen LogP contribution in [0.25, 0.3) is 0 Å². The van der Waals surface area contributed by atoms with E-state index in [1.165, 1.54) is 19.3 Å². The maximum atomic E-state index is 12.6. The number of ether oxygens (including phenoxy) is 2. The lowest BCUT2D eigenvalue weighted by Gasteiger charge is -2.11. The molecule has 2 radical (unpaired) electrons. The lowest BCUT2D eigenvalue weighted by molar-refractivity contribution is 0.124. The van der Waals surface area contributed by atoms with E-state index < -0.39 is 6.10 Å². The van der Waals surface area contributed by atoms with Gasteiger partial charge in [-0.1, -0.05) is 86.3 Å². The fraction of sp³-hybridized carbons (Fsp3) is 0.273. The highest BCUT2D eigenvalue weighted by atomic mass is 16.5. The van der Waals surface area contributed by atoms with Gasteiger partial charge in [-0.2, -0.15) is 0 Å². The molecule has 0 saturated carbocycles. The third kappa shape index (κ3) is 9.00. The van der Waals surface area contributed by atoms with Crippen molar-refractivity contribution < 1.29 is 14.6 Å². The molecule has 190 valence electrons. The second kappa shape index (κ2) is 14.7. The van der Waals surface area contributed by atoms with E-state index in [0.717, 1.165) is 59.9 Å². The molecule has 0 amide bonds. The van der Waals surface area contributed by atoms with Crippen LogP contribution < -0.4 is 14.8 Å². The summed E-state index contributed by atoms with van der Waals surface area (Å²) in [6, 6.07) is 34.9. The summed E-state index contributed by atoms with van der Waals surface area (Å²) in [5.74, 6) is 1.71. The minimum Gasteiger partial charge on any atom is -0.494 e. The standard InChI is InChI=1S/C33H35NO3/c35-33(27-13-7-5-8-14-27)28-17-21-31(22-18-28)36-25-11-3-1-2-4-12-26-37-32-23-19-30(20-24-32)34-29-15-9-6-10-16-29/h5-10,13-24,33H,1-4,11-12,25-26H2. The Hall–Kier alpha value is -3.76. The first-order valence-corrected chi connectivity index (χ1v) is 13.2. The SMILES string of the molecule is [O]C(c1ccccc1)c1ccc(OCCCCCCCCOc2ccc([N]c3ccccc3)cc2)cc1. The Morgan fingerprint density at radius 3 is 1.49 bits per heavy atom. The third-order valence-corrected chi connectivity index (χ3v) is 6.21. The van der Waals surface area contributed by atoms with Gasteiger partial charge in [0, 0.05) is 0 Å². The molecule has 4 aromatic carbocycles. The Kier molecular flexibility index (Phi) is 10.5. The number of hydrogen-bond donors (Lipinski definition) is 0. The molecule has 0 heterocycles. The van der Waals surface area contributed by atoms with E-state index in [9.17, 15) is 5.11 Å². The van der Waals surface area contributed by atoms with Crippen LogP contribution in [0, 0.1) is 0 Å². The van der Waals surface area contributed by atoms with Crippen LogP contribution in [0.15, 0.2) is 109 Å². The summed E-state index contributed by atoms with van der Waals surface area (Å²) in [6.45, 7) is 1.44. The molecule has 4 heteroatoms. The van der Waals surface area contributed by atoms with Crippen molar-refractivity contribution in [3.05, 3.63) is 120 Å². The highest BCUT2D eigenvalue weighted by Gasteiger charge is 2.11. The van der Waals surface area contributed by atoms with Crippen molar-refractivity contribution in [1.29, 1.82) is 0 Å². The zero-order chi connectivity index (χ0) is 25.5. The van der Waals surface area contributed by atoms with Crippen molar-refractivity contribution in [2.75, 3.05) is 13.2 Å². The molecule has 0 aliphatic heterocycles. The van der Waals surface area contributed by atoms with Gasteiger partial charge in [-0.3, -0.25) is 0 Å². The number of para-hydroxylation sites is 1. The summed E-state index contributed by atoms with van der Waals surface area (Å²) >= 11 is 0. The average Bonchev–Trinajstić information content (AvgIpc) is 2.96. The highest BCUT2D eigenvalue weighted by molar-refractivity contribution is 5.49. The average molecular weight is 494 g/mol. The van der Waals surface area contributed by atoms with Crippen molar-refractivity contribution in [2.24, 2.45) is 0 Å². The lowest BCUT2D eigenvalue weighted by atomic mass is 10.0. The van der Waals surface area contributed by atoms with Gasteiger partial charge in [0.15, 0.2) is 0 Å². The van der Waals surface area contributed by atoms with Crippen molar-refractivity contribution in [3.63, 3.8) is 0 Å². The minimum atomic E-state index is -0.859. The molecule has 1 atom stereocenters. The second-order valence-electron chi connectivity index (χ2n) is 9.12. The molecular weight excluding hydrogens is 458 g/mol. The van der Waals surface area contributed by atoms with Crippen LogP contribution in [-0.2, 0) is 5.11 Å². The highest BCUT2D eigenvalue weighted by Crippen LogP contribution is 2.25. The molecule has 0 fully saturated rings. The van der Waals surface area contributed by atoms with E-state index in [4.69, 9.17) is 9.47 Å². The Morgan fingerprint density at radius 2 is 0.919 bits per heavy atom. The maximum absolute atomic E-state index is 12.6. The maximum Gasteiger partial charge on any atom is 0.143 e. The molecule has 4 aromatic rings.